The molecule has 3 fully saturated rings. The van der Waals surface area contributed by atoms with Gasteiger partial charge in [-0.3, -0.25) is 9.59 Å². The highest BCUT2D eigenvalue weighted by Crippen LogP contribution is 2.24. The van der Waals surface area contributed by atoms with Crippen LogP contribution in [0.5, 0.6) is 0 Å². The standard InChI is InChI=1S/C20H27N3O6S2/c24-19(16-4-3-5-18(14-16)31(28,29)23-7-1-2-8-23)21-9-11-22(12-10-21)20(25)17-6-13-30(26,27)15-17/h3-5,14,17H,1-2,6-13,15H2/t17-/m1/s1. The number of rotatable bonds is 4. The molecule has 3 heterocycles. The van der Waals surface area contributed by atoms with Gasteiger partial charge in [-0.05, 0) is 37.5 Å². The van der Waals surface area contributed by atoms with Gasteiger partial charge in [0, 0.05) is 44.8 Å². The molecule has 1 atom stereocenters. The van der Waals surface area contributed by atoms with E-state index in [2.05, 4.69) is 0 Å². The Hall–Kier alpha value is -1.98. The number of sulfone groups is 1. The van der Waals surface area contributed by atoms with Gasteiger partial charge in [0.05, 0.1) is 22.3 Å². The second-order valence-electron chi connectivity index (χ2n) is 8.36. The van der Waals surface area contributed by atoms with Crippen LogP contribution >= 0.6 is 0 Å². The van der Waals surface area contributed by atoms with Crippen molar-refractivity contribution in [2.75, 3.05) is 50.8 Å². The maximum atomic E-state index is 13.0. The largest absolute Gasteiger partial charge is 0.339 e. The molecule has 0 aromatic heterocycles. The van der Waals surface area contributed by atoms with Crippen molar-refractivity contribution in [3.63, 3.8) is 0 Å². The van der Waals surface area contributed by atoms with Crippen LogP contribution in [0.2, 0.25) is 0 Å². The van der Waals surface area contributed by atoms with Crippen LogP contribution in [0.3, 0.4) is 0 Å². The highest BCUT2D eigenvalue weighted by atomic mass is 32.2. The van der Waals surface area contributed by atoms with Gasteiger partial charge in [-0.2, -0.15) is 4.31 Å². The van der Waals surface area contributed by atoms with Gasteiger partial charge in [0.15, 0.2) is 9.84 Å². The number of carbonyl (C=O) groups is 2. The van der Waals surface area contributed by atoms with Gasteiger partial charge in [0.25, 0.3) is 5.91 Å². The molecule has 9 nitrogen and oxygen atoms in total. The summed E-state index contributed by atoms with van der Waals surface area (Å²) >= 11 is 0. The lowest BCUT2D eigenvalue weighted by atomic mass is 10.1. The van der Waals surface area contributed by atoms with E-state index in [1.807, 2.05) is 0 Å². The van der Waals surface area contributed by atoms with Crippen LogP contribution in [0, 0.1) is 5.92 Å². The minimum atomic E-state index is -3.60. The summed E-state index contributed by atoms with van der Waals surface area (Å²) in [4.78, 5) is 28.9. The Balaban J connectivity index is 1.39. The molecule has 11 heteroatoms. The predicted octanol–water partition coefficient (Wildman–Crippen LogP) is 0.190. The summed E-state index contributed by atoms with van der Waals surface area (Å²) in [5.74, 6) is -0.956. The second-order valence-corrected chi connectivity index (χ2v) is 12.5. The molecule has 170 valence electrons. The average molecular weight is 470 g/mol. The molecule has 1 aromatic rings. The molecule has 0 bridgehead atoms. The zero-order valence-electron chi connectivity index (χ0n) is 17.3. The zero-order valence-corrected chi connectivity index (χ0v) is 18.9. The number of sulfonamides is 1. The lowest BCUT2D eigenvalue weighted by Gasteiger charge is -2.36. The minimum Gasteiger partial charge on any atom is -0.339 e. The SMILES string of the molecule is O=C(c1cccc(S(=O)(=O)N2CCCC2)c1)N1CCN(C(=O)[C@@H]2CCS(=O)(=O)C2)CC1. The van der Waals surface area contributed by atoms with Crippen molar-refractivity contribution in [2.24, 2.45) is 5.92 Å². The van der Waals surface area contributed by atoms with Crippen LogP contribution in [0.15, 0.2) is 29.2 Å². The summed E-state index contributed by atoms with van der Waals surface area (Å²) in [5.41, 5.74) is 0.307. The van der Waals surface area contributed by atoms with E-state index < -0.39 is 25.8 Å². The fourth-order valence-corrected chi connectivity index (χ4v) is 7.72. The molecule has 3 aliphatic heterocycles. The first kappa shape index (κ1) is 22.2. The highest BCUT2D eigenvalue weighted by molar-refractivity contribution is 7.91. The van der Waals surface area contributed by atoms with Crippen LogP contribution < -0.4 is 0 Å². The van der Waals surface area contributed by atoms with Crippen LogP contribution in [0.1, 0.15) is 29.6 Å². The van der Waals surface area contributed by atoms with E-state index >= 15 is 0 Å². The molecular formula is C20H27N3O6S2. The lowest BCUT2D eigenvalue weighted by Crippen LogP contribution is -2.52. The molecule has 0 aliphatic carbocycles. The van der Waals surface area contributed by atoms with Crippen LogP contribution in [-0.4, -0.2) is 93.5 Å². The Labute approximate surface area is 183 Å². The lowest BCUT2D eigenvalue weighted by molar-refractivity contribution is -0.136. The number of piperazine rings is 1. The first-order valence-electron chi connectivity index (χ1n) is 10.6. The fourth-order valence-electron chi connectivity index (χ4n) is 4.43. The van der Waals surface area contributed by atoms with Crippen molar-refractivity contribution in [1.82, 2.24) is 14.1 Å². The van der Waals surface area contributed by atoms with E-state index in [1.54, 1.807) is 21.9 Å². The van der Waals surface area contributed by atoms with E-state index in [0.717, 1.165) is 12.8 Å². The van der Waals surface area contributed by atoms with Crippen molar-refractivity contribution >= 4 is 31.7 Å². The Kier molecular flexibility index (Phi) is 6.10. The molecule has 31 heavy (non-hydrogen) atoms. The third kappa shape index (κ3) is 4.63. The number of nitrogens with zero attached hydrogens (tertiary/aromatic N) is 3. The highest BCUT2D eigenvalue weighted by Gasteiger charge is 2.37. The Bertz CT molecular complexity index is 1070. The van der Waals surface area contributed by atoms with E-state index in [9.17, 15) is 26.4 Å². The molecule has 0 spiro atoms. The van der Waals surface area contributed by atoms with Crippen molar-refractivity contribution in [1.29, 1.82) is 0 Å². The molecule has 1 aromatic carbocycles. The van der Waals surface area contributed by atoms with E-state index in [0.29, 0.717) is 51.3 Å². The maximum Gasteiger partial charge on any atom is 0.254 e. The first-order chi connectivity index (χ1) is 14.7. The van der Waals surface area contributed by atoms with Gasteiger partial charge in [0.2, 0.25) is 15.9 Å². The van der Waals surface area contributed by atoms with Gasteiger partial charge < -0.3 is 9.80 Å². The summed E-state index contributed by atoms with van der Waals surface area (Å²) in [6.45, 7) is 2.33. The number of hydrogen-bond acceptors (Lipinski definition) is 6. The van der Waals surface area contributed by atoms with E-state index in [-0.39, 0.29) is 28.2 Å². The normalized spacial score (nSPS) is 24.5. The van der Waals surface area contributed by atoms with Crippen molar-refractivity contribution in [3.8, 4) is 0 Å². The summed E-state index contributed by atoms with van der Waals surface area (Å²) in [7, 11) is -6.73. The first-order valence-corrected chi connectivity index (χ1v) is 13.8. The molecule has 0 saturated carbocycles. The fraction of sp³-hybridized carbons (Fsp3) is 0.600. The molecule has 3 saturated heterocycles. The minimum absolute atomic E-state index is 0.0541. The van der Waals surface area contributed by atoms with Crippen molar-refractivity contribution in [2.45, 2.75) is 24.2 Å². The van der Waals surface area contributed by atoms with Crippen molar-refractivity contribution in [3.05, 3.63) is 29.8 Å². The zero-order chi connectivity index (χ0) is 22.2. The van der Waals surface area contributed by atoms with Crippen molar-refractivity contribution < 1.29 is 26.4 Å². The summed E-state index contributed by atoms with van der Waals surface area (Å²) in [6, 6.07) is 6.12. The van der Waals surface area contributed by atoms with Gasteiger partial charge in [0.1, 0.15) is 0 Å². The number of benzene rings is 1. The van der Waals surface area contributed by atoms with E-state index in [4.69, 9.17) is 0 Å². The molecular weight excluding hydrogens is 442 g/mol. The van der Waals surface area contributed by atoms with E-state index in [1.165, 1.54) is 16.4 Å². The van der Waals surface area contributed by atoms with Crippen LogP contribution in [0.4, 0.5) is 0 Å². The Morgan fingerprint density at radius 2 is 1.58 bits per heavy atom. The summed E-state index contributed by atoms with van der Waals surface area (Å²) in [5, 5.41) is 0. The third-order valence-electron chi connectivity index (χ3n) is 6.24. The summed E-state index contributed by atoms with van der Waals surface area (Å²) < 4.78 is 50.3. The number of amides is 2. The maximum absolute atomic E-state index is 13.0. The Morgan fingerprint density at radius 1 is 0.935 bits per heavy atom. The quantitative estimate of drug-likeness (QED) is 0.622. The topological polar surface area (TPSA) is 112 Å². The van der Waals surface area contributed by atoms with Gasteiger partial charge in [-0.1, -0.05) is 6.07 Å². The molecule has 0 radical (unpaired) electrons. The van der Waals surface area contributed by atoms with Crippen LogP contribution in [0.25, 0.3) is 0 Å². The Morgan fingerprint density at radius 3 is 2.19 bits per heavy atom. The van der Waals surface area contributed by atoms with Gasteiger partial charge in [-0.25, -0.2) is 16.8 Å². The van der Waals surface area contributed by atoms with Gasteiger partial charge in [-0.15, -0.1) is 0 Å². The van der Waals surface area contributed by atoms with Crippen LogP contribution in [-0.2, 0) is 24.7 Å². The van der Waals surface area contributed by atoms with Gasteiger partial charge >= 0.3 is 0 Å². The molecule has 2 amide bonds. The molecule has 0 N–H and O–H groups in total. The molecule has 0 unspecified atom stereocenters. The molecule has 3 aliphatic rings. The smallest absolute Gasteiger partial charge is 0.254 e. The number of carbonyl (C=O) groups excluding carboxylic acids is 2. The monoisotopic (exact) mass is 469 g/mol. The number of hydrogen-bond donors (Lipinski definition) is 0. The average Bonchev–Trinajstić information content (AvgIpc) is 3.43. The predicted molar refractivity (Wildman–Crippen MR) is 114 cm³/mol. The second kappa shape index (κ2) is 8.51. The summed E-state index contributed by atoms with van der Waals surface area (Å²) in [6.07, 6.45) is 2.04. The third-order valence-corrected chi connectivity index (χ3v) is 9.91. The molecule has 4 rings (SSSR count).